The maximum Gasteiger partial charge on any atom is 0.253 e. The molecule has 1 aromatic carbocycles. The van der Waals surface area contributed by atoms with E-state index in [9.17, 15) is 4.79 Å². The minimum Gasteiger partial charge on any atom is -0.380 e. The number of amides is 1. The molecule has 1 unspecified atom stereocenters. The molecule has 20 heavy (non-hydrogen) atoms. The van der Waals surface area contributed by atoms with Gasteiger partial charge in [0.05, 0.1) is 17.7 Å². The fourth-order valence-corrected chi connectivity index (χ4v) is 2.41. The van der Waals surface area contributed by atoms with Gasteiger partial charge in [-0.2, -0.15) is 0 Å². The van der Waals surface area contributed by atoms with Crippen molar-refractivity contribution in [1.82, 2.24) is 4.90 Å². The molecule has 5 heteroatoms. The summed E-state index contributed by atoms with van der Waals surface area (Å²) in [5.74, 6) is 5.59. The summed E-state index contributed by atoms with van der Waals surface area (Å²) in [6.45, 7) is 1.62. The van der Waals surface area contributed by atoms with E-state index in [1.54, 1.807) is 30.2 Å². The molecule has 2 rings (SSSR count). The van der Waals surface area contributed by atoms with Gasteiger partial charge in [0.2, 0.25) is 0 Å². The largest absolute Gasteiger partial charge is 0.380 e. The topological polar surface area (TPSA) is 55.6 Å². The highest BCUT2D eigenvalue weighted by Crippen LogP contribution is 2.20. The molecule has 0 aliphatic carbocycles. The summed E-state index contributed by atoms with van der Waals surface area (Å²) in [5.41, 5.74) is 6.58. The van der Waals surface area contributed by atoms with Crippen molar-refractivity contribution in [2.75, 3.05) is 26.7 Å². The maximum atomic E-state index is 12.3. The lowest BCUT2D eigenvalue weighted by molar-refractivity contribution is 0.0724. The highest BCUT2D eigenvalue weighted by molar-refractivity contribution is 6.32. The van der Waals surface area contributed by atoms with Crippen molar-refractivity contribution >= 4 is 17.5 Å². The first-order valence-electron chi connectivity index (χ1n) is 6.46. The van der Waals surface area contributed by atoms with Gasteiger partial charge < -0.3 is 15.4 Å². The molecule has 1 fully saturated rings. The van der Waals surface area contributed by atoms with E-state index in [0.717, 1.165) is 6.42 Å². The van der Waals surface area contributed by atoms with Gasteiger partial charge >= 0.3 is 0 Å². The Balaban J connectivity index is 2.13. The number of methoxy groups -OCH3 is 1. The number of halogens is 1. The lowest BCUT2D eigenvalue weighted by Gasteiger charge is -2.16. The number of nitrogens with zero attached hydrogens (tertiary/aromatic N) is 1. The summed E-state index contributed by atoms with van der Waals surface area (Å²) in [5, 5.41) is 0.472. The number of likely N-dealkylation sites (tertiary alicyclic amines) is 1. The highest BCUT2D eigenvalue weighted by atomic mass is 35.5. The molecule has 1 aliphatic rings. The Morgan fingerprint density at radius 1 is 1.60 bits per heavy atom. The molecule has 0 aromatic heterocycles. The molecular formula is C15H17ClN2O2. The zero-order valence-electron chi connectivity index (χ0n) is 11.4. The van der Waals surface area contributed by atoms with E-state index in [2.05, 4.69) is 11.8 Å². The molecule has 1 aromatic rings. The number of ether oxygens (including phenoxy) is 1. The predicted octanol–water partition coefficient (Wildman–Crippen LogP) is 1.51. The van der Waals surface area contributed by atoms with Crippen LogP contribution < -0.4 is 5.73 Å². The second kappa shape index (κ2) is 6.76. The van der Waals surface area contributed by atoms with E-state index in [4.69, 9.17) is 22.1 Å². The monoisotopic (exact) mass is 292 g/mol. The van der Waals surface area contributed by atoms with Crippen molar-refractivity contribution in [3.8, 4) is 11.8 Å². The van der Waals surface area contributed by atoms with Crippen LogP contribution in [0, 0.1) is 11.8 Å². The third kappa shape index (κ3) is 3.31. The molecule has 4 nitrogen and oxygen atoms in total. The molecule has 1 saturated heterocycles. The second-order valence-electron chi connectivity index (χ2n) is 4.60. The quantitative estimate of drug-likeness (QED) is 0.841. The van der Waals surface area contributed by atoms with E-state index in [1.807, 2.05) is 0 Å². The molecule has 1 heterocycles. The van der Waals surface area contributed by atoms with E-state index in [-0.39, 0.29) is 18.6 Å². The number of hydrogen-bond donors (Lipinski definition) is 1. The first kappa shape index (κ1) is 14.9. The lowest BCUT2D eigenvalue weighted by Crippen LogP contribution is -2.29. The van der Waals surface area contributed by atoms with Crippen molar-refractivity contribution in [3.63, 3.8) is 0 Å². The summed E-state index contributed by atoms with van der Waals surface area (Å²) >= 11 is 6.13. The number of carbonyl (C=O) groups is 1. The zero-order chi connectivity index (χ0) is 14.5. The van der Waals surface area contributed by atoms with Gasteiger partial charge in [-0.3, -0.25) is 4.79 Å². The summed E-state index contributed by atoms with van der Waals surface area (Å²) in [7, 11) is 1.67. The fraction of sp³-hybridized carbons (Fsp3) is 0.400. The zero-order valence-corrected chi connectivity index (χ0v) is 12.1. The number of hydrogen-bond acceptors (Lipinski definition) is 3. The third-order valence-corrected chi connectivity index (χ3v) is 3.62. The standard InChI is InChI=1S/C15H17ClN2O2/c1-20-13-6-8-18(10-13)15(19)12-5-4-11(3-2-7-17)14(16)9-12/h4-5,9,13H,6-8,10,17H2,1H3. The van der Waals surface area contributed by atoms with Crippen LogP contribution in [0.4, 0.5) is 0 Å². The van der Waals surface area contributed by atoms with Gasteiger partial charge in [0.25, 0.3) is 5.91 Å². The van der Waals surface area contributed by atoms with Crippen molar-refractivity contribution in [1.29, 1.82) is 0 Å². The van der Waals surface area contributed by atoms with Gasteiger partial charge in [0, 0.05) is 31.3 Å². The Labute approximate surface area is 123 Å². The summed E-state index contributed by atoms with van der Waals surface area (Å²) in [4.78, 5) is 14.1. The second-order valence-corrected chi connectivity index (χ2v) is 5.01. The minimum atomic E-state index is -0.0233. The molecular weight excluding hydrogens is 276 g/mol. The van der Waals surface area contributed by atoms with Crippen molar-refractivity contribution in [2.24, 2.45) is 5.73 Å². The summed E-state index contributed by atoms with van der Waals surface area (Å²) < 4.78 is 5.26. The lowest BCUT2D eigenvalue weighted by atomic mass is 10.1. The Bertz CT molecular complexity index is 563. The van der Waals surface area contributed by atoms with Crippen LogP contribution in [0.2, 0.25) is 5.02 Å². The molecule has 0 radical (unpaired) electrons. The average Bonchev–Trinajstić information content (AvgIpc) is 2.94. The van der Waals surface area contributed by atoms with Crippen LogP contribution >= 0.6 is 11.6 Å². The molecule has 1 atom stereocenters. The van der Waals surface area contributed by atoms with Crippen LogP contribution in [0.3, 0.4) is 0 Å². The van der Waals surface area contributed by atoms with Crippen molar-refractivity contribution in [2.45, 2.75) is 12.5 Å². The van der Waals surface area contributed by atoms with E-state index in [0.29, 0.717) is 29.2 Å². The van der Waals surface area contributed by atoms with Crippen LogP contribution in [-0.2, 0) is 4.74 Å². The van der Waals surface area contributed by atoms with Crippen LogP contribution in [0.25, 0.3) is 0 Å². The summed E-state index contributed by atoms with van der Waals surface area (Å²) in [6.07, 6.45) is 1.000. The Morgan fingerprint density at radius 2 is 2.40 bits per heavy atom. The van der Waals surface area contributed by atoms with Crippen LogP contribution in [0.1, 0.15) is 22.3 Å². The Kier molecular flexibility index (Phi) is 5.02. The SMILES string of the molecule is COC1CCN(C(=O)c2ccc(C#CCN)c(Cl)c2)C1. The molecule has 1 aliphatic heterocycles. The fourth-order valence-electron chi connectivity index (χ4n) is 2.18. The van der Waals surface area contributed by atoms with E-state index >= 15 is 0 Å². The van der Waals surface area contributed by atoms with Crippen molar-refractivity contribution < 1.29 is 9.53 Å². The van der Waals surface area contributed by atoms with Gasteiger partial charge in [-0.1, -0.05) is 23.4 Å². The maximum absolute atomic E-state index is 12.3. The molecule has 0 spiro atoms. The first-order valence-corrected chi connectivity index (χ1v) is 6.84. The minimum absolute atomic E-state index is 0.0233. The van der Waals surface area contributed by atoms with E-state index in [1.165, 1.54) is 0 Å². The Morgan fingerprint density at radius 3 is 3.00 bits per heavy atom. The molecule has 106 valence electrons. The smallest absolute Gasteiger partial charge is 0.253 e. The summed E-state index contributed by atoms with van der Waals surface area (Å²) in [6, 6.07) is 5.15. The predicted molar refractivity (Wildman–Crippen MR) is 78.7 cm³/mol. The number of rotatable bonds is 2. The normalized spacial score (nSPS) is 17.8. The van der Waals surface area contributed by atoms with Crippen LogP contribution in [-0.4, -0.2) is 43.7 Å². The van der Waals surface area contributed by atoms with Crippen molar-refractivity contribution in [3.05, 3.63) is 34.3 Å². The van der Waals surface area contributed by atoms with Gasteiger partial charge in [-0.15, -0.1) is 0 Å². The Hall–Kier alpha value is -1.54. The molecule has 1 amide bonds. The van der Waals surface area contributed by atoms with Crippen LogP contribution in [0.5, 0.6) is 0 Å². The average molecular weight is 293 g/mol. The van der Waals surface area contributed by atoms with Gasteiger partial charge in [0.15, 0.2) is 0 Å². The third-order valence-electron chi connectivity index (χ3n) is 3.31. The first-order chi connectivity index (χ1) is 9.65. The number of benzene rings is 1. The number of carbonyl (C=O) groups excluding carboxylic acids is 1. The van der Waals surface area contributed by atoms with Crippen LogP contribution in [0.15, 0.2) is 18.2 Å². The molecule has 0 bridgehead atoms. The number of nitrogens with two attached hydrogens (primary N) is 1. The molecule has 2 N–H and O–H groups in total. The van der Waals surface area contributed by atoms with Gasteiger partial charge in [-0.25, -0.2) is 0 Å². The van der Waals surface area contributed by atoms with E-state index < -0.39 is 0 Å². The highest BCUT2D eigenvalue weighted by Gasteiger charge is 2.26. The molecule has 0 saturated carbocycles. The van der Waals surface area contributed by atoms with Gasteiger partial charge in [-0.05, 0) is 24.6 Å². The van der Waals surface area contributed by atoms with Gasteiger partial charge in [0.1, 0.15) is 0 Å².